The van der Waals surface area contributed by atoms with E-state index in [4.69, 9.17) is 5.11 Å². The van der Waals surface area contributed by atoms with Crippen LogP contribution in [0.25, 0.3) is 0 Å². The molecular formula is C12H17BrO2. The van der Waals surface area contributed by atoms with E-state index in [1.165, 1.54) is 0 Å². The lowest BCUT2D eigenvalue weighted by molar-refractivity contribution is 0.318. The molecule has 0 unspecified atom stereocenters. The molecule has 15 heavy (non-hydrogen) atoms. The van der Waals surface area contributed by atoms with Gasteiger partial charge in [-0.2, -0.15) is 0 Å². The van der Waals surface area contributed by atoms with Gasteiger partial charge >= 0.3 is 0 Å². The largest absolute Gasteiger partial charge is 0.506 e. The number of halogens is 1. The normalized spacial score (nSPS) is 9.07. The monoisotopic (exact) mass is 272 g/mol. The van der Waals surface area contributed by atoms with Gasteiger partial charge in [-0.05, 0) is 53.4 Å². The molecule has 2 N–H and O–H groups in total. The molecule has 0 fully saturated rings. The minimum absolute atomic E-state index is 0.250. The fourth-order valence-corrected chi connectivity index (χ4v) is 1.73. The molecule has 0 heterocycles. The van der Waals surface area contributed by atoms with Crippen molar-refractivity contribution in [2.45, 2.75) is 20.3 Å². The SMILES string of the molecule is C=CCc1cc(C)cc(Br)c1O.CCO. The summed E-state index contributed by atoms with van der Waals surface area (Å²) in [5.41, 5.74) is 2.05. The Kier molecular flexibility index (Phi) is 7.09. The smallest absolute Gasteiger partial charge is 0.133 e. The lowest BCUT2D eigenvalue weighted by Gasteiger charge is -2.05. The predicted octanol–water partition coefficient (Wildman–Crippen LogP) is 3.19. The Morgan fingerprint density at radius 3 is 2.47 bits per heavy atom. The number of allylic oxidation sites excluding steroid dienone is 1. The average molecular weight is 273 g/mol. The first kappa shape index (κ1) is 14.2. The van der Waals surface area contributed by atoms with Crippen LogP contribution in [-0.2, 0) is 6.42 Å². The Morgan fingerprint density at radius 1 is 1.47 bits per heavy atom. The fourth-order valence-electron chi connectivity index (χ4n) is 1.12. The van der Waals surface area contributed by atoms with Crippen LogP contribution in [-0.4, -0.2) is 16.8 Å². The molecule has 3 heteroatoms. The standard InChI is InChI=1S/C10H11BrO.C2H6O/c1-3-4-8-5-7(2)6-9(11)10(8)12;1-2-3/h3,5-6,12H,1,4H2,2H3;3H,2H2,1H3. The maximum atomic E-state index is 9.56. The van der Waals surface area contributed by atoms with Crippen LogP contribution in [0.1, 0.15) is 18.1 Å². The maximum absolute atomic E-state index is 9.56. The predicted molar refractivity (Wildman–Crippen MR) is 67.2 cm³/mol. The molecule has 1 aromatic carbocycles. The van der Waals surface area contributed by atoms with Crippen molar-refractivity contribution in [2.75, 3.05) is 6.61 Å². The topological polar surface area (TPSA) is 40.5 Å². The second-order valence-electron chi connectivity index (χ2n) is 3.06. The van der Waals surface area contributed by atoms with Crippen molar-refractivity contribution in [2.24, 2.45) is 0 Å². The minimum Gasteiger partial charge on any atom is -0.506 e. The number of phenolic OH excluding ortho intramolecular Hbond substituents is 1. The number of aryl methyl sites for hydroxylation is 1. The van der Waals surface area contributed by atoms with Crippen molar-refractivity contribution in [1.82, 2.24) is 0 Å². The Bertz CT molecular complexity index is 322. The summed E-state index contributed by atoms with van der Waals surface area (Å²) < 4.78 is 0.749. The molecule has 0 aliphatic rings. The summed E-state index contributed by atoms with van der Waals surface area (Å²) in [6, 6.07) is 3.85. The third kappa shape index (κ3) is 5.00. The number of rotatable bonds is 2. The molecule has 0 radical (unpaired) electrons. The Balaban J connectivity index is 0.000000583. The molecule has 1 aromatic rings. The number of benzene rings is 1. The molecule has 0 aliphatic heterocycles. The van der Waals surface area contributed by atoms with E-state index in [0.717, 1.165) is 15.6 Å². The zero-order chi connectivity index (χ0) is 11.8. The molecule has 0 amide bonds. The number of hydrogen-bond acceptors (Lipinski definition) is 2. The van der Waals surface area contributed by atoms with Crippen LogP contribution in [0.2, 0.25) is 0 Å². The van der Waals surface area contributed by atoms with Gasteiger partial charge in [0.05, 0.1) is 4.47 Å². The summed E-state index contributed by atoms with van der Waals surface area (Å²) in [6.45, 7) is 7.56. The van der Waals surface area contributed by atoms with E-state index >= 15 is 0 Å². The Hall–Kier alpha value is -0.800. The van der Waals surface area contributed by atoms with Gasteiger partial charge in [-0.15, -0.1) is 6.58 Å². The molecule has 0 bridgehead atoms. The van der Waals surface area contributed by atoms with Crippen molar-refractivity contribution in [1.29, 1.82) is 0 Å². The fraction of sp³-hybridized carbons (Fsp3) is 0.333. The number of phenols is 1. The van der Waals surface area contributed by atoms with Gasteiger partial charge in [0.15, 0.2) is 0 Å². The summed E-state index contributed by atoms with van der Waals surface area (Å²) in [5.74, 6) is 0.320. The van der Waals surface area contributed by atoms with Crippen molar-refractivity contribution in [3.05, 3.63) is 40.4 Å². The number of hydrogen-bond donors (Lipinski definition) is 2. The Labute approximate surface area is 99.4 Å². The van der Waals surface area contributed by atoms with Crippen LogP contribution in [0.15, 0.2) is 29.3 Å². The Morgan fingerprint density at radius 2 is 2.00 bits per heavy atom. The zero-order valence-electron chi connectivity index (χ0n) is 9.13. The lowest BCUT2D eigenvalue weighted by atomic mass is 10.1. The second-order valence-corrected chi connectivity index (χ2v) is 3.92. The van der Waals surface area contributed by atoms with E-state index in [0.29, 0.717) is 12.2 Å². The first-order valence-corrected chi connectivity index (χ1v) is 5.55. The molecule has 84 valence electrons. The van der Waals surface area contributed by atoms with Crippen LogP contribution in [0.4, 0.5) is 0 Å². The van der Waals surface area contributed by atoms with Gasteiger partial charge in [0.1, 0.15) is 5.75 Å². The van der Waals surface area contributed by atoms with E-state index < -0.39 is 0 Å². The number of aromatic hydroxyl groups is 1. The highest BCUT2D eigenvalue weighted by atomic mass is 79.9. The maximum Gasteiger partial charge on any atom is 0.133 e. The van der Waals surface area contributed by atoms with Gasteiger partial charge in [-0.3, -0.25) is 0 Å². The summed E-state index contributed by atoms with van der Waals surface area (Å²) in [7, 11) is 0. The summed E-state index contributed by atoms with van der Waals surface area (Å²) >= 11 is 3.28. The van der Waals surface area contributed by atoms with E-state index in [9.17, 15) is 5.11 Å². The first-order chi connectivity index (χ1) is 7.06. The van der Waals surface area contributed by atoms with Gasteiger partial charge in [0.25, 0.3) is 0 Å². The molecular weight excluding hydrogens is 256 g/mol. The lowest BCUT2D eigenvalue weighted by Crippen LogP contribution is -1.85. The van der Waals surface area contributed by atoms with E-state index in [2.05, 4.69) is 22.5 Å². The number of aliphatic hydroxyl groups excluding tert-OH is 1. The summed E-state index contributed by atoms with van der Waals surface area (Å²) in [5, 5.41) is 17.1. The van der Waals surface area contributed by atoms with Crippen molar-refractivity contribution < 1.29 is 10.2 Å². The number of aliphatic hydroxyl groups is 1. The molecule has 0 aromatic heterocycles. The molecule has 0 saturated carbocycles. The van der Waals surface area contributed by atoms with E-state index in [1.807, 2.05) is 19.1 Å². The van der Waals surface area contributed by atoms with Crippen LogP contribution < -0.4 is 0 Å². The quantitative estimate of drug-likeness (QED) is 0.812. The third-order valence-electron chi connectivity index (χ3n) is 1.65. The average Bonchev–Trinajstić information content (AvgIpc) is 2.15. The zero-order valence-corrected chi connectivity index (χ0v) is 10.7. The molecule has 1 rings (SSSR count). The molecule has 0 saturated heterocycles. The first-order valence-electron chi connectivity index (χ1n) is 4.76. The van der Waals surface area contributed by atoms with Crippen LogP contribution in [0, 0.1) is 6.92 Å². The van der Waals surface area contributed by atoms with Gasteiger partial charge in [0, 0.05) is 6.61 Å². The molecule has 0 aliphatic carbocycles. The third-order valence-corrected chi connectivity index (χ3v) is 2.26. The molecule has 2 nitrogen and oxygen atoms in total. The minimum atomic E-state index is 0.250. The highest BCUT2D eigenvalue weighted by molar-refractivity contribution is 9.10. The van der Waals surface area contributed by atoms with Gasteiger partial charge < -0.3 is 10.2 Å². The molecule has 0 atom stereocenters. The highest BCUT2D eigenvalue weighted by Gasteiger charge is 2.04. The van der Waals surface area contributed by atoms with E-state index in [-0.39, 0.29) is 6.61 Å². The van der Waals surface area contributed by atoms with E-state index in [1.54, 1.807) is 13.0 Å². The molecule has 0 spiro atoms. The van der Waals surface area contributed by atoms with Crippen LogP contribution in [0.5, 0.6) is 5.75 Å². The summed E-state index contributed by atoms with van der Waals surface area (Å²) in [4.78, 5) is 0. The summed E-state index contributed by atoms with van der Waals surface area (Å²) in [6.07, 6.45) is 2.48. The van der Waals surface area contributed by atoms with Crippen molar-refractivity contribution in [3.63, 3.8) is 0 Å². The van der Waals surface area contributed by atoms with Crippen LogP contribution >= 0.6 is 15.9 Å². The highest BCUT2D eigenvalue weighted by Crippen LogP contribution is 2.29. The van der Waals surface area contributed by atoms with Gasteiger partial charge in [0.2, 0.25) is 0 Å². The van der Waals surface area contributed by atoms with Gasteiger partial charge in [-0.25, -0.2) is 0 Å². The van der Waals surface area contributed by atoms with Crippen molar-refractivity contribution in [3.8, 4) is 5.75 Å². The van der Waals surface area contributed by atoms with Gasteiger partial charge in [-0.1, -0.05) is 12.1 Å². The van der Waals surface area contributed by atoms with Crippen molar-refractivity contribution >= 4 is 15.9 Å². The second kappa shape index (κ2) is 7.49. The van der Waals surface area contributed by atoms with Crippen LogP contribution in [0.3, 0.4) is 0 Å².